The Morgan fingerprint density at radius 2 is 1.58 bits per heavy atom. The van der Waals surface area contributed by atoms with Gasteiger partial charge >= 0.3 is 11.9 Å². The molecule has 0 saturated carbocycles. The number of carbonyl (C=O) groups excluding carboxylic acids is 3. The normalized spacial score (nSPS) is 16.2. The van der Waals surface area contributed by atoms with Gasteiger partial charge in [-0.2, -0.15) is 0 Å². The average molecular weight is 744 g/mol. The van der Waals surface area contributed by atoms with Gasteiger partial charge < -0.3 is 38.8 Å². The third-order valence-electron chi connectivity index (χ3n) is 9.05. The fraction of sp³-hybridized carbons (Fsp3) is 0.690. The zero-order chi connectivity index (χ0) is 39.2. The van der Waals surface area contributed by atoms with Crippen molar-refractivity contribution in [2.24, 2.45) is 5.92 Å². The second-order valence-electron chi connectivity index (χ2n) is 14.6. The maximum atomic E-state index is 14.0. The van der Waals surface area contributed by atoms with Crippen molar-refractivity contribution in [2.45, 2.75) is 141 Å². The molecule has 1 aromatic carbocycles. The number of ether oxygens (including phenoxy) is 6. The van der Waals surface area contributed by atoms with Gasteiger partial charge in [0.2, 0.25) is 11.5 Å². The molecule has 1 fully saturated rings. The minimum absolute atomic E-state index is 0.0925. The molecule has 1 aliphatic heterocycles. The van der Waals surface area contributed by atoms with E-state index in [0.717, 1.165) is 50.5 Å². The molecule has 11 heteroatoms. The Morgan fingerprint density at radius 3 is 2.15 bits per heavy atom. The van der Waals surface area contributed by atoms with Gasteiger partial charge in [-0.1, -0.05) is 75.7 Å². The first-order chi connectivity index (χ1) is 25.3. The van der Waals surface area contributed by atoms with Gasteiger partial charge in [0.05, 0.1) is 32.8 Å². The summed E-state index contributed by atoms with van der Waals surface area (Å²) >= 11 is 0. The number of rotatable bonds is 25. The van der Waals surface area contributed by atoms with Gasteiger partial charge in [-0.3, -0.25) is 4.79 Å². The maximum Gasteiger partial charge on any atom is 0.342 e. The van der Waals surface area contributed by atoms with Crippen LogP contribution in [0.1, 0.15) is 117 Å². The minimum Gasteiger partial charge on any atom is -0.481 e. The van der Waals surface area contributed by atoms with Crippen LogP contribution in [0.5, 0.6) is 5.75 Å². The lowest BCUT2D eigenvalue weighted by atomic mass is 9.85. The molecule has 2 N–H and O–H groups in total. The zero-order valence-corrected chi connectivity index (χ0v) is 33.3. The number of hydrogen-bond acceptors (Lipinski definition) is 10. The van der Waals surface area contributed by atoms with Gasteiger partial charge in [0.25, 0.3) is 0 Å². The topological polar surface area (TPSA) is 139 Å². The molecule has 53 heavy (non-hydrogen) atoms. The molecule has 0 aliphatic carbocycles. The fourth-order valence-electron chi connectivity index (χ4n) is 6.22. The number of aliphatic hydroxyl groups is 1. The van der Waals surface area contributed by atoms with Crippen molar-refractivity contribution in [3.8, 4) is 17.6 Å². The number of carbonyl (C=O) groups is 3. The van der Waals surface area contributed by atoms with E-state index in [9.17, 15) is 19.5 Å². The number of esters is 2. The smallest absolute Gasteiger partial charge is 0.342 e. The van der Waals surface area contributed by atoms with Crippen LogP contribution in [0.15, 0.2) is 36.4 Å². The van der Waals surface area contributed by atoms with E-state index in [4.69, 9.17) is 28.4 Å². The van der Waals surface area contributed by atoms with E-state index in [2.05, 4.69) is 24.1 Å². The molecule has 3 atom stereocenters. The van der Waals surface area contributed by atoms with Crippen LogP contribution < -0.4 is 10.1 Å². The van der Waals surface area contributed by atoms with Gasteiger partial charge in [0.1, 0.15) is 24.0 Å². The summed E-state index contributed by atoms with van der Waals surface area (Å²) in [5.74, 6) is 1.87. The molecule has 1 amide bonds. The average Bonchev–Trinajstić information content (AvgIpc) is 3.59. The third-order valence-corrected chi connectivity index (χ3v) is 9.05. The molecule has 0 unspecified atom stereocenters. The fourth-order valence-corrected chi connectivity index (χ4v) is 6.22. The van der Waals surface area contributed by atoms with Crippen LogP contribution in [-0.2, 0) is 44.5 Å². The van der Waals surface area contributed by atoms with E-state index in [1.54, 1.807) is 58.0 Å². The Morgan fingerprint density at radius 1 is 0.962 bits per heavy atom. The summed E-state index contributed by atoms with van der Waals surface area (Å²) in [6.45, 7) is 9.99. The molecule has 1 aromatic rings. The van der Waals surface area contributed by atoms with Crippen LogP contribution >= 0.6 is 0 Å². The molecule has 0 bridgehead atoms. The highest BCUT2D eigenvalue weighted by molar-refractivity contribution is 5.93. The van der Waals surface area contributed by atoms with E-state index in [1.165, 1.54) is 46.0 Å². The first kappa shape index (κ1) is 45.7. The highest BCUT2D eigenvalue weighted by Gasteiger charge is 2.50. The van der Waals surface area contributed by atoms with Crippen LogP contribution in [0.25, 0.3) is 0 Å². The largest absolute Gasteiger partial charge is 0.481 e. The number of unbranched alkanes of at least 4 members (excludes halogenated alkanes) is 8. The lowest BCUT2D eigenvalue weighted by Crippen LogP contribution is -2.58. The van der Waals surface area contributed by atoms with Crippen molar-refractivity contribution in [2.75, 3.05) is 40.6 Å². The van der Waals surface area contributed by atoms with E-state index in [1.807, 2.05) is 0 Å². The number of methoxy groups -OCH3 is 2. The summed E-state index contributed by atoms with van der Waals surface area (Å²) in [7, 11) is 2.56. The molecular weight excluding hydrogens is 678 g/mol. The standard InChI is InChI=1S/C42H65NO10/c1-8-10-12-16-19-26-41(51-29-30-52-41)27-20-17-14-13-15-18-21-35(42(47,32-48-6)39(46)53-40(3,4)5)37(44)43-36(38(45)49-7)31-33-22-24-34(25-23-33)50-28-11-9-2/h18,21-25,35-36,47H,8,10,12-17,19-20,26-32H2,1-7H3,(H,43,44)/b21-18+/t35-,36+,42+/m1/s1. The molecular formula is C42H65NO10. The highest BCUT2D eigenvalue weighted by Crippen LogP contribution is 2.32. The molecule has 0 spiro atoms. The predicted octanol–water partition coefficient (Wildman–Crippen LogP) is 6.62. The van der Waals surface area contributed by atoms with E-state index in [-0.39, 0.29) is 13.0 Å². The van der Waals surface area contributed by atoms with Crippen molar-refractivity contribution in [1.82, 2.24) is 5.32 Å². The molecule has 11 nitrogen and oxygen atoms in total. The second kappa shape index (κ2) is 24.1. The lowest BCUT2D eigenvalue weighted by Gasteiger charge is -2.34. The SMILES string of the molecule is CC#CCOc1ccc(C[C@H](NC(=O)[C@@H](/C=C/CCCCCCC2(CCCCCCC)OCCO2)[C@@](O)(COC)C(=O)OC(C)(C)C)C(=O)OC)cc1. The number of hydrogen-bond donors (Lipinski definition) is 2. The van der Waals surface area contributed by atoms with Crippen LogP contribution in [0.3, 0.4) is 0 Å². The third kappa shape index (κ3) is 16.6. The Labute approximate surface area is 317 Å². The van der Waals surface area contributed by atoms with Crippen LogP contribution in [0.2, 0.25) is 0 Å². The molecule has 0 radical (unpaired) electrons. The monoisotopic (exact) mass is 743 g/mol. The van der Waals surface area contributed by atoms with E-state index < -0.39 is 53.4 Å². The summed E-state index contributed by atoms with van der Waals surface area (Å²) in [6, 6.07) is 5.94. The molecule has 1 heterocycles. The summed E-state index contributed by atoms with van der Waals surface area (Å²) in [6.07, 6.45) is 15.6. The summed E-state index contributed by atoms with van der Waals surface area (Å²) < 4.78 is 33.5. The maximum absolute atomic E-state index is 14.0. The quantitative estimate of drug-likeness (QED) is 0.0486. The molecule has 2 rings (SSSR count). The molecule has 1 saturated heterocycles. The molecule has 0 aromatic heterocycles. The number of allylic oxidation sites excluding steroid dienone is 1. The number of amides is 1. The van der Waals surface area contributed by atoms with Crippen molar-refractivity contribution in [3.05, 3.63) is 42.0 Å². The van der Waals surface area contributed by atoms with Crippen LogP contribution in [0.4, 0.5) is 0 Å². The van der Waals surface area contributed by atoms with Crippen molar-refractivity contribution >= 4 is 17.8 Å². The Kier molecular flexibility index (Phi) is 20.8. The van der Waals surface area contributed by atoms with Gasteiger partial charge in [0.15, 0.2) is 5.79 Å². The highest BCUT2D eigenvalue weighted by atomic mass is 16.7. The van der Waals surface area contributed by atoms with Gasteiger partial charge in [0, 0.05) is 26.4 Å². The number of nitrogens with one attached hydrogen (secondary N) is 1. The van der Waals surface area contributed by atoms with Crippen LogP contribution in [-0.4, -0.2) is 86.6 Å². The first-order valence-corrected chi connectivity index (χ1v) is 19.2. The molecule has 298 valence electrons. The lowest BCUT2D eigenvalue weighted by molar-refractivity contribution is -0.189. The Hall–Kier alpha value is -3.43. The number of benzene rings is 1. The van der Waals surface area contributed by atoms with Gasteiger partial charge in [-0.15, -0.1) is 5.92 Å². The Bertz CT molecular complexity index is 1320. The summed E-state index contributed by atoms with van der Waals surface area (Å²) in [4.78, 5) is 40.4. The predicted molar refractivity (Wildman–Crippen MR) is 204 cm³/mol. The summed E-state index contributed by atoms with van der Waals surface area (Å²) in [5, 5.41) is 14.5. The summed E-state index contributed by atoms with van der Waals surface area (Å²) in [5.41, 5.74) is -2.60. The second-order valence-corrected chi connectivity index (χ2v) is 14.6. The van der Waals surface area contributed by atoms with E-state index >= 15 is 0 Å². The van der Waals surface area contributed by atoms with Crippen molar-refractivity contribution in [3.63, 3.8) is 0 Å². The van der Waals surface area contributed by atoms with E-state index in [0.29, 0.717) is 25.4 Å². The minimum atomic E-state index is -2.38. The van der Waals surface area contributed by atoms with Crippen molar-refractivity contribution in [1.29, 1.82) is 0 Å². The molecule has 1 aliphatic rings. The van der Waals surface area contributed by atoms with Gasteiger partial charge in [-0.25, -0.2) is 9.59 Å². The van der Waals surface area contributed by atoms with Gasteiger partial charge in [-0.05, 0) is 71.1 Å². The van der Waals surface area contributed by atoms with Crippen molar-refractivity contribution < 1.29 is 47.9 Å². The van der Waals surface area contributed by atoms with Crippen LogP contribution in [0, 0.1) is 17.8 Å². The first-order valence-electron chi connectivity index (χ1n) is 19.2. The Balaban J connectivity index is 2.13. The zero-order valence-electron chi connectivity index (χ0n) is 33.3.